The molecule has 2 rings (SSSR count). The summed E-state index contributed by atoms with van der Waals surface area (Å²) in [5, 5.41) is 0. The number of para-hydroxylation sites is 2. The van der Waals surface area contributed by atoms with Gasteiger partial charge in [-0.25, -0.2) is 0 Å². The number of hydrogen-bond donors (Lipinski definition) is 0. The van der Waals surface area contributed by atoms with Crippen molar-refractivity contribution < 1.29 is 22.7 Å². The van der Waals surface area contributed by atoms with Crippen LogP contribution in [0.2, 0.25) is 0 Å². The zero-order valence-electron chi connectivity index (χ0n) is 10.6. The highest BCUT2D eigenvalue weighted by Crippen LogP contribution is 2.38. The van der Waals surface area contributed by atoms with E-state index in [-0.39, 0.29) is 22.8 Å². The first kappa shape index (κ1) is 14.1. The molecule has 0 aromatic heterocycles. The Labute approximate surface area is 113 Å². The van der Waals surface area contributed by atoms with Crippen molar-refractivity contribution in [2.45, 2.75) is 13.1 Å². The number of ether oxygens (including phenoxy) is 1. The van der Waals surface area contributed by atoms with Crippen LogP contribution in [-0.2, 0) is 6.18 Å². The van der Waals surface area contributed by atoms with Crippen LogP contribution in [0.5, 0.6) is 11.5 Å². The maximum absolute atomic E-state index is 12.9. The molecule has 20 heavy (non-hydrogen) atoms. The lowest BCUT2D eigenvalue weighted by atomic mass is 10.1. The van der Waals surface area contributed by atoms with Crippen molar-refractivity contribution in [3.8, 4) is 11.5 Å². The molecule has 104 valence electrons. The third-order valence-corrected chi connectivity index (χ3v) is 2.68. The molecule has 0 fully saturated rings. The number of carbonyl (C=O) groups is 1. The molecule has 2 aromatic carbocycles. The van der Waals surface area contributed by atoms with Gasteiger partial charge in [-0.2, -0.15) is 13.2 Å². The monoisotopic (exact) mass is 280 g/mol. The Morgan fingerprint density at radius 1 is 0.950 bits per heavy atom. The van der Waals surface area contributed by atoms with Crippen LogP contribution in [0.15, 0.2) is 48.5 Å². The number of benzene rings is 2. The minimum absolute atomic E-state index is 0.108. The van der Waals surface area contributed by atoms with Crippen molar-refractivity contribution in [1.82, 2.24) is 0 Å². The fourth-order valence-corrected chi connectivity index (χ4v) is 1.75. The average molecular weight is 280 g/mol. The first-order chi connectivity index (χ1) is 9.39. The number of halogens is 3. The fraction of sp³-hybridized carbons (Fsp3) is 0.133. The molecule has 0 bridgehead atoms. The molecule has 0 unspecified atom stereocenters. The molecule has 0 aliphatic heterocycles. The molecule has 0 aliphatic carbocycles. The van der Waals surface area contributed by atoms with E-state index in [1.807, 2.05) is 0 Å². The zero-order valence-corrected chi connectivity index (χ0v) is 10.6. The van der Waals surface area contributed by atoms with Crippen molar-refractivity contribution in [2.24, 2.45) is 0 Å². The minimum atomic E-state index is -4.51. The van der Waals surface area contributed by atoms with E-state index in [0.717, 1.165) is 6.07 Å². The van der Waals surface area contributed by atoms with E-state index in [4.69, 9.17) is 4.74 Å². The van der Waals surface area contributed by atoms with Crippen molar-refractivity contribution in [1.29, 1.82) is 0 Å². The van der Waals surface area contributed by atoms with Gasteiger partial charge in [0.05, 0.1) is 11.1 Å². The van der Waals surface area contributed by atoms with Gasteiger partial charge in [0, 0.05) is 0 Å². The summed E-state index contributed by atoms with van der Waals surface area (Å²) in [6.07, 6.45) is -4.51. The van der Waals surface area contributed by atoms with Crippen molar-refractivity contribution in [2.75, 3.05) is 0 Å². The molecule has 2 nitrogen and oxygen atoms in total. The maximum Gasteiger partial charge on any atom is 0.419 e. The lowest BCUT2D eigenvalue weighted by molar-refractivity contribution is -0.138. The van der Waals surface area contributed by atoms with Crippen molar-refractivity contribution in [3.05, 3.63) is 59.7 Å². The Hall–Kier alpha value is -2.30. The first-order valence-corrected chi connectivity index (χ1v) is 5.83. The van der Waals surface area contributed by atoms with Crippen LogP contribution >= 0.6 is 0 Å². The molecule has 0 N–H and O–H groups in total. The molecule has 0 atom stereocenters. The third kappa shape index (κ3) is 2.99. The van der Waals surface area contributed by atoms with E-state index in [1.165, 1.54) is 37.3 Å². The van der Waals surface area contributed by atoms with Gasteiger partial charge in [-0.15, -0.1) is 0 Å². The molecular formula is C15H11F3O2. The van der Waals surface area contributed by atoms with Crippen LogP contribution in [0.1, 0.15) is 22.8 Å². The number of hydrogen-bond acceptors (Lipinski definition) is 2. The first-order valence-electron chi connectivity index (χ1n) is 5.83. The lowest BCUT2D eigenvalue weighted by Crippen LogP contribution is -2.07. The van der Waals surface area contributed by atoms with Gasteiger partial charge in [0.1, 0.15) is 11.5 Å². The Morgan fingerprint density at radius 3 is 2.10 bits per heavy atom. The highest BCUT2D eigenvalue weighted by Gasteiger charge is 2.34. The molecule has 2 aromatic rings. The molecule has 5 heteroatoms. The zero-order chi connectivity index (χ0) is 14.8. The van der Waals surface area contributed by atoms with Crippen LogP contribution < -0.4 is 4.74 Å². The van der Waals surface area contributed by atoms with E-state index < -0.39 is 11.7 Å². The summed E-state index contributed by atoms with van der Waals surface area (Å²) in [5.41, 5.74) is -0.636. The van der Waals surface area contributed by atoms with E-state index in [9.17, 15) is 18.0 Å². The number of carbonyl (C=O) groups excluding carboxylic acids is 1. The summed E-state index contributed by atoms with van der Waals surface area (Å²) in [6, 6.07) is 11.1. The average Bonchev–Trinajstić information content (AvgIpc) is 2.38. The van der Waals surface area contributed by atoms with E-state index in [1.54, 1.807) is 12.1 Å². The van der Waals surface area contributed by atoms with Gasteiger partial charge >= 0.3 is 6.18 Å². The summed E-state index contributed by atoms with van der Waals surface area (Å²) in [4.78, 5) is 11.4. The van der Waals surface area contributed by atoms with E-state index in [0.29, 0.717) is 0 Å². The van der Waals surface area contributed by atoms with Crippen LogP contribution in [0.25, 0.3) is 0 Å². The van der Waals surface area contributed by atoms with Gasteiger partial charge < -0.3 is 4.74 Å². The second-order valence-corrected chi connectivity index (χ2v) is 4.15. The second-order valence-electron chi connectivity index (χ2n) is 4.15. The maximum atomic E-state index is 12.9. The molecule has 0 saturated heterocycles. The smallest absolute Gasteiger partial charge is 0.419 e. The number of ketones is 1. The molecule has 0 saturated carbocycles. The normalized spacial score (nSPS) is 11.2. The standard InChI is InChI=1S/C15H11F3O2/c1-10(19)11-6-2-4-8-13(11)20-14-9-5-3-7-12(14)15(16,17)18/h2-9H,1H3. The molecule has 0 aliphatic rings. The Bertz CT molecular complexity index is 633. The summed E-state index contributed by atoms with van der Waals surface area (Å²) in [5.74, 6) is -0.490. The molecule has 0 heterocycles. The van der Waals surface area contributed by atoms with Gasteiger partial charge in [-0.3, -0.25) is 4.79 Å². The van der Waals surface area contributed by atoms with Crippen LogP contribution in [0.4, 0.5) is 13.2 Å². The van der Waals surface area contributed by atoms with E-state index >= 15 is 0 Å². The van der Waals surface area contributed by atoms with Crippen molar-refractivity contribution >= 4 is 5.78 Å². The summed E-state index contributed by atoms with van der Waals surface area (Å²) >= 11 is 0. The molecular weight excluding hydrogens is 269 g/mol. The van der Waals surface area contributed by atoms with Crippen LogP contribution in [-0.4, -0.2) is 5.78 Å². The highest BCUT2D eigenvalue weighted by molar-refractivity contribution is 5.96. The highest BCUT2D eigenvalue weighted by atomic mass is 19.4. The predicted molar refractivity (Wildman–Crippen MR) is 68.0 cm³/mol. The molecule has 0 amide bonds. The van der Waals surface area contributed by atoms with Crippen LogP contribution in [0.3, 0.4) is 0 Å². The predicted octanol–water partition coefficient (Wildman–Crippen LogP) is 4.70. The topological polar surface area (TPSA) is 26.3 Å². The Morgan fingerprint density at radius 2 is 1.50 bits per heavy atom. The number of rotatable bonds is 3. The Balaban J connectivity index is 2.44. The van der Waals surface area contributed by atoms with Gasteiger partial charge in [-0.05, 0) is 31.2 Å². The molecule has 0 radical (unpaired) electrons. The third-order valence-electron chi connectivity index (χ3n) is 2.68. The largest absolute Gasteiger partial charge is 0.456 e. The summed E-state index contributed by atoms with van der Waals surface area (Å²) in [7, 11) is 0. The van der Waals surface area contributed by atoms with Gasteiger partial charge in [-0.1, -0.05) is 24.3 Å². The van der Waals surface area contributed by atoms with Crippen LogP contribution in [0, 0.1) is 0 Å². The van der Waals surface area contributed by atoms with E-state index in [2.05, 4.69) is 0 Å². The second kappa shape index (κ2) is 5.36. The summed E-state index contributed by atoms with van der Waals surface area (Å²) in [6.45, 7) is 1.33. The number of alkyl halides is 3. The lowest BCUT2D eigenvalue weighted by Gasteiger charge is -2.14. The SMILES string of the molecule is CC(=O)c1ccccc1Oc1ccccc1C(F)(F)F. The quantitative estimate of drug-likeness (QED) is 0.762. The van der Waals surface area contributed by atoms with Gasteiger partial charge in [0.15, 0.2) is 5.78 Å². The minimum Gasteiger partial charge on any atom is -0.456 e. The van der Waals surface area contributed by atoms with Gasteiger partial charge in [0.2, 0.25) is 0 Å². The fourth-order valence-electron chi connectivity index (χ4n) is 1.75. The summed E-state index contributed by atoms with van der Waals surface area (Å²) < 4.78 is 43.9. The van der Waals surface area contributed by atoms with Crippen molar-refractivity contribution in [3.63, 3.8) is 0 Å². The number of Topliss-reactive ketones (excluding diaryl/α,β-unsaturated/α-hetero) is 1. The van der Waals surface area contributed by atoms with Gasteiger partial charge in [0.25, 0.3) is 0 Å². The Kier molecular flexibility index (Phi) is 3.79. The molecule has 0 spiro atoms.